The fourth-order valence-electron chi connectivity index (χ4n) is 1.84. The quantitative estimate of drug-likeness (QED) is 0.637. The normalized spacial score (nSPS) is 23.7. The van der Waals surface area contributed by atoms with Crippen LogP contribution >= 0.6 is 7.82 Å². The van der Waals surface area contributed by atoms with E-state index in [2.05, 4.69) is 9.51 Å². The van der Waals surface area contributed by atoms with Crippen LogP contribution in [0.4, 0.5) is 0 Å². The highest BCUT2D eigenvalue weighted by molar-refractivity contribution is 7.43. The van der Waals surface area contributed by atoms with Gasteiger partial charge in [-0.1, -0.05) is 0 Å². The molecule has 2 heterocycles. The van der Waals surface area contributed by atoms with E-state index < -0.39 is 31.4 Å². The molecule has 0 aromatic carbocycles. The highest BCUT2D eigenvalue weighted by Crippen LogP contribution is 2.31. The number of hydrogen-bond donors (Lipinski definition) is 1. The molecule has 0 amide bonds. The van der Waals surface area contributed by atoms with E-state index in [1.165, 1.54) is 16.8 Å². The summed E-state index contributed by atoms with van der Waals surface area (Å²) in [5.41, 5.74) is -1.13. The van der Waals surface area contributed by atoms with E-state index in [9.17, 15) is 23.9 Å². The molecule has 19 heavy (non-hydrogen) atoms. The lowest BCUT2D eigenvalue weighted by atomic mass is 10.2. The van der Waals surface area contributed by atoms with Crippen molar-refractivity contribution in [2.45, 2.75) is 25.2 Å². The van der Waals surface area contributed by atoms with Crippen LogP contribution in [0.1, 0.15) is 19.1 Å². The summed E-state index contributed by atoms with van der Waals surface area (Å²) in [5.74, 6) is 0. The zero-order valence-corrected chi connectivity index (χ0v) is 10.6. The highest BCUT2D eigenvalue weighted by Gasteiger charge is 2.27. The van der Waals surface area contributed by atoms with Gasteiger partial charge in [-0.15, -0.1) is 0 Å². The molecule has 1 aliphatic rings. The van der Waals surface area contributed by atoms with Crippen molar-refractivity contribution in [3.8, 4) is 0 Å². The van der Waals surface area contributed by atoms with Gasteiger partial charge in [0.2, 0.25) is 0 Å². The molecule has 2 rings (SSSR count). The number of phosphoric acid groups is 1. The molecular formula is C9H11N2O7P-2. The van der Waals surface area contributed by atoms with Gasteiger partial charge in [0, 0.05) is 12.3 Å². The third kappa shape index (κ3) is 3.85. The van der Waals surface area contributed by atoms with Crippen LogP contribution < -0.4 is 21.0 Å². The predicted molar refractivity (Wildman–Crippen MR) is 58.0 cm³/mol. The first kappa shape index (κ1) is 14.2. The molecule has 0 unspecified atom stereocenters. The number of aromatic nitrogens is 2. The number of ether oxygens (including phenoxy) is 1. The van der Waals surface area contributed by atoms with E-state index in [1.54, 1.807) is 0 Å². The van der Waals surface area contributed by atoms with Gasteiger partial charge in [0.1, 0.15) is 6.23 Å². The summed E-state index contributed by atoms with van der Waals surface area (Å²) in [4.78, 5) is 45.2. The molecule has 1 aromatic rings. The second kappa shape index (κ2) is 5.40. The summed E-state index contributed by atoms with van der Waals surface area (Å²) >= 11 is 0. The molecule has 0 saturated carbocycles. The smallest absolute Gasteiger partial charge is 0.330 e. The standard InChI is InChI=1S/C9H13N2O7P/c12-7-3-4-11(9(13)10-7)8-2-1-6(18-8)5-17-19(14,15)16/h3-4,6,8H,1-2,5H2,(H,10,12,13)(H2,14,15,16)/p-2/t6-,8+/m0/s1. The first-order chi connectivity index (χ1) is 8.85. The van der Waals surface area contributed by atoms with Crippen molar-refractivity contribution in [3.63, 3.8) is 0 Å². The van der Waals surface area contributed by atoms with Crippen molar-refractivity contribution < 1.29 is 23.6 Å². The van der Waals surface area contributed by atoms with Crippen molar-refractivity contribution >= 4 is 7.82 Å². The molecule has 1 fully saturated rings. The molecule has 0 bridgehead atoms. The molecule has 0 spiro atoms. The lowest BCUT2D eigenvalue weighted by Crippen LogP contribution is -2.32. The summed E-state index contributed by atoms with van der Waals surface area (Å²) in [7, 11) is -5.02. The third-order valence-electron chi connectivity index (χ3n) is 2.67. The van der Waals surface area contributed by atoms with E-state index in [0.717, 1.165) is 0 Å². The van der Waals surface area contributed by atoms with Crippen LogP contribution in [0.3, 0.4) is 0 Å². The minimum Gasteiger partial charge on any atom is -0.790 e. The van der Waals surface area contributed by atoms with Gasteiger partial charge in [-0.2, -0.15) is 0 Å². The van der Waals surface area contributed by atoms with Gasteiger partial charge < -0.3 is 23.6 Å². The Morgan fingerprint density at radius 1 is 1.47 bits per heavy atom. The number of aromatic amines is 1. The van der Waals surface area contributed by atoms with Crippen LogP contribution in [0.5, 0.6) is 0 Å². The fourth-order valence-corrected chi connectivity index (χ4v) is 2.19. The number of rotatable bonds is 4. The van der Waals surface area contributed by atoms with Crippen molar-refractivity contribution in [1.29, 1.82) is 0 Å². The molecule has 1 saturated heterocycles. The molecule has 1 aliphatic heterocycles. The van der Waals surface area contributed by atoms with Crippen LogP contribution in [0.25, 0.3) is 0 Å². The van der Waals surface area contributed by atoms with Gasteiger partial charge in [0.05, 0.1) is 20.5 Å². The van der Waals surface area contributed by atoms with Crippen molar-refractivity contribution in [3.05, 3.63) is 33.1 Å². The van der Waals surface area contributed by atoms with Crippen LogP contribution in [-0.4, -0.2) is 22.3 Å². The SMILES string of the molecule is O=c1ccn([C@H]2CC[C@@H](COP(=O)([O-])[O-])O2)c(=O)[nH]1. The van der Waals surface area contributed by atoms with Crippen molar-refractivity contribution in [2.75, 3.05) is 6.61 Å². The largest absolute Gasteiger partial charge is 0.790 e. The third-order valence-corrected chi connectivity index (χ3v) is 3.13. The Morgan fingerprint density at radius 3 is 2.84 bits per heavy atom. The fraction of sp³-hybridized carbons (Fsp3) is 0.556. The average molecular weight is 290 g/mol. The number of hydrogen-bond acceptors (Lipinski definition) is 7. The van der Waals surface area contributed by atoms with E-state index in [1.807, 2.05) is 0 Å². The van der Waals surface area contributed by atoms with E-state index in [4.69, 9.17) is 4.74 Å². The topological polar surface area (TPSA) is 137 Å². The summed E-state index contributed by atoms with van der Waals surface area (Å²) in [6, 6.07) is 1.18. The number of nitrogens with one attached hydrogen (secondary N) is 1. The summed E-state index contributed by atoms with van der Waals surface area (Å²) < 4.78 is 21.0. The molecule has 0 aliphatic carbocycles. The first-order valence-corrected chi connectivity index (χ1v) is 6.95. The van der Waals surface area contributed by atoms with Crippen molar-refractivity contribution in [1.82, 2.24) is 9.55 Å². The van der Waals surface area contributed by atoms with Gasteiger partial charge in [-0.3, -0.25) is 14.3 Å². The Labute approximate surface area is 107 Å². The maximum absolute atomic E-state index is 11.5. The number of nitrogens with zero attached hydrogens (tertiary/aromatic N) is 1. The molecule has 9 nitrogen and oxygen atoms in total. The summed E-state index contributed by atoms with van der Waals surface area (Å²) in [6.07, 6.45) is 0.982. The van der Waals surface area contributed by atoms with E-state index in [0.29, 0.717) is 12.8 Å². The molecule has 0 radical (unpaired) electrons. The van der Waals surface area contributed by atoms with Crippen LogP contribution in [0.15, 0.2) is 21.9 Å². The molecule has 106 valence electrons. The second-order valence-electron chi connectivity index (χ2n) is 4.05. The average Bonchev–Trinajstić information content (AvgIpc) is 2.74. The Hall–Kier alpha value is -1.25. The summed E-state index contributed by atoms with van der Waals surface area (Å²) in [5, 5.41) is 0. The van der Waals surface area contributed by atoms with E-state index in [-0.39, 0.29) is 6.61 Å². The Balaban J connectivity index is 2.00. The van der Waals surface area contributed by atoms with E-state index >= 15 is 0 Å². The lowest BCUT2D eigenvalue weighted by molar-refractivity contribution is -0.342. The summed E-state index contributed by atoms with van der Waals surface area (Å²) in [6.45, 7) is -0.376. The van der Waals surface area contributed by atoms with Crippen LogP contribution in [0, 0.1) is 0 Å². The zero-order chi connectivity index (χ0) is 14.0. The van der Waals surface area contributed by atoms with Gasteiger partial charge in [0.15, 0.2) is 0 Å². The van der Waals surface area contributed by atoms with Gasteiger partial charge >= 0.3 is 5.69 Å². The van der Waals surface area contributed by atoms with Crippen LogP contribution in [-0.2, 0) is 13.8 Å². The van der Waals surface area contributed by atoms with Crippen molar-refractivity contribution in [2.24, 2.45) is 0 Å². The molecule has 2 atom stereocenters. The lowest BCUT2D eigenvalue weighted by Gasteiger charge is -2.29. The molecular weight excluding hydrogens is 279 g/mol. The minimum atomic E-state index is -5.02. The van der Waals surface area contributed by atoms with Gasteiger partial charge in [0.25, 0.3) is 5.56 Å². The van der Waals surface area contributed by atoms with Gasteiger partial charge in [-0.25, -0.2) is 4.79 Å². The Kier molecular flexibility index (Phi) is 4.02. The second-order valence-corrected chi connectivity index (χ2v) is 5.20. The monoisotopic (exact) mass is 290 g/mol. The number of H-pyrrole nitrogens is 1. The number of phosphoric ester groups is 1. The highest BCUT2D eigenvalue weighted by atomic mass is 31.2. The first-order valence-electron chi connectivity index (χ1n) is 5.49. The Bertz CT molecular complexity index is 603. The molecule has 1 N–H and O–H groups in total. The predicted octanol–water partition coefficient (Wildman–Crippen LogP) is -1.94. The van der Waals surface area contributed by atoms with Crippen LogP contribution in [0.2, 0.25) is 0 Å². The van der Waals surface area contributed by atoms with Gasteiger partial charge in [-0.05, 0) is 12.8 Å². The molecule has 10 heteroatoms. The zero-order valence-electron chi connectivity index (χ0n) is 9.68. The minimum absolute atomic E-state index is 0.376. The maximum Gasteiger partial charge on any atom is 0.330 e. The molecule has 1 aromatic heterocycles. The Morgan fingerprint density at radius 2 is 2.21 bits per heavy atom. The maximum atomic E-state index is 11.5.